The number of nitrogens with zero attached hydrogens (tertiary/aromatic N) is 4. The van der Waals surface area contributed by atoms with Gasteiger partial charge in [-0.3, -0.25) is 9.69 Å². The van der Waals surface area contributed by atoms with Crippen LogP contribution in [0, 0.1) is 0 Å². The van der Waals surface area contributed by atoms with Gasteiger partial charge in [0, 0.05) is 44.8 Å². The van der Waals surface area contributed by atoms with Crippen molar-refractivity contribution in [1.82, 2.24) is 19.1 Å². The van der Waals surface area contributed by atoms with E-state index in [0.717, 1.165) is 43.0 Å². The monoisotopic (exact) mass is 470 g/mol. The lowest BCUT2D eigenvalue weighted by molar-refractivity contribution is 0.0628. The summed E-state index contributed by atoms with van der Waals surface area (Å²) in [4.78, 5) is 22.1. The number of carbonyl (C=O) groups is 1. The van der Waals surface area contributed by atoms with Gasteiger partial charge < -0.3 is 4.90 Å². The van der Waals surface area contributed by atoms with Crippen molar-refractivity contribution >= 4 is 37.5 Å². The van der Waals surface area contributed by atoms with Gasteiger partial charge in [-0.25, -0.2) is 13.4 Å². The van der Waals surface area contributed by atoms with Crippen molar-refractivity contribution in [3.8, 4) is 0 Å². The summed E-state index contributed by atoms with van der Waals surface area (Å²) < 4.78 is 28.4. The van der Waals surface area contributed by atoms with Gasteiger partial charge in [-0.15, -0.1) is 11.3 Å². The Morgan fingerprint density at radius 2 is 1.69 bits per heavy atom. The smallest absolute Gasteiger partial charge is 0.253 e. The molecule has 7 nitrogen and oxygen atoms in total. The molecule has 32 heavy (non-hydrogen) atoms. The van der Waals surface area contributed by atoms with Gasteiger partial charge in [0.2, 0.25) is 10.0 Å². The van der Waals surface area contributed by atoms with Gasteiger partial charge in [-0.2, -0.15) is 4.31 Å². The van der Waals surface area contributed by atoms with Gasteiger partial charge in [0.25, 0.3) is 5.91 Å². The van der Waals surface area contributed by atoms with E-state index in [1.54, 1.807) is 29.5 Å². The van der Waals surface area contributed by atoms with Gasteiger partial charge in [0.05, 0.1) is 21.7 Å². The molecule has 168 valence electrons. The first-order valence-corrected chi connectivity index (χ1v) is 13.2. The average molecular weight is 471 g/mol. The lowest BCUT2D eigenvalue weighted by Crippen LogP contribution is -2.48. The Kier molecular flexibility index (Phi) is 5.98. The van der Waals surface area contributed by atoms with Crippen LogP contribution in [-0.2, 0) is 16.6 Å². The van der Waals surface area contributed by atoms with E-state index >= 15 is 0 Å². The van der Waals surface area contributed by atoms with Crippen LogP contribution in [0.2, 0.25) is 0 Å². The lowest BCUT2D eigenvalue weighted by Gasteiger charge is -2.34. The summed E-state index contributed by atoms with van der Waals surface area (Å²) in [6.07, 6.45) is 1.78. The molecule has 0 N–H and O–H groups in total. The zero-order valence-corrected chi connectivity index (χ0v) is 19.4. The summed E-state index contributed by atoms with van der Waals surface area (Å²) in [5.74, 6) is -0.108. The fourth-order valence-corrected chi connectivity index (χ4v) is 6.91. The molecule has 0 unspecified atom stereocenters. The molecular formula is C23H26N4O3S2. The number of rotatable bonds is 5. The van der Waals surface area contributed by atoms with Crippen LogP contribution in [0.4, 0.5) is 0 Å². The van der Waals surface area contributed by atoms with Crippen molar-refractivity contribution in [3.63, 3.8) is 0 Å². The molecule has 2 fully saturated rings. The van der Waals surface area contributed by atoms with Crippen LogP contribution in [-0.4, -0.2) is 72.7 Å². The zero-order chi connectivity index (χ0) is 22.1. The number of sulfonamides is 1. The first-order valence-electron chi connectivity index (χ1n) is 11.0. The zero-order valence-electron chi connectivity index (χ0n) is 17.8. The minimum Gasteiger partial charge on any atom is -0.336 e. The van der Waals surface area contributed by atoms with Gasteiger partial charge in [0.15, 0.2) is 0 Å². The minimum atomic E-state index is -3.53. The van der Waals surface area contributed by atoms with Crippen LogP contribution in [0.3, 0.4) is 0 Å². The number of aromatic nitrogens is 1. The first-order chi connectivity index (χ1) is 15.5. The first kappa shape index (κ1) is 21.5. The van der Waals surface area contributed by atoms with Crippen molar-refractivity contribution < 1.29 is 13.2 Å². The number of para-hydroxylation sites is 1. The molecule has 0 atom stereocenters. The molecular weight excluding hydrogens is 444 g/mol. The summed E-state index contributed by atoms with van der Waals surface area (Å²) in [5, 5.41) is 1.09. The standard InChI is InChI=1S/C23H26N4O3S2/c28-23(18-6-5-7-19(16-18)32(29,30)27-10-3-4-11-27)26-14-12-25(13-15-26)17-22-24-20-8-1-2-9-21(20)31-22/h1-2,5-9,16H,3-4,10-15,17H2. The second-order valence-corrected chi connectivity index (χ2v) is 11.3. The van der Waals surface area contributed by atoms with Crippen LogP contribution in [0.5, 0.6) is 0 Å². The molecule has 5 rings (SSSR count). The molecule has 0 aliphatic carbocycles. The highest BCUT2D eigenvalue weighted by atomic mass is 32.2. The molecule has 2 saturated heterocycles. The van der Waals surface area contributed by atoms with Gasteiger partial charge in [0.1, 0.15) is 5.01 Å². The van der Waals surface area contributed by atoms with Gasteiger partial charge in [-0.1, -0.05) is 18.2 Å². The van der Waals surface area contributed by atoms with E-state index in [4.69, 9.17) is 4.98 Å². The highest BCUT2D eigenvalue weighted by Gasteiger charge is 2.29. The molecule has 9 heteroatoms. The van der Waals surface area contributed by atoms with E-state index in [9.17, 15) is 13.2 Å². The van der Waals surface area contributed by atoms with Crippen LogP contribution in [0.25, 0.3) is 10.2 Å². The molecule has 0 radical (unpaired) electrons. The second-order valence-electron chi connectivity index (χ2n) is 8.28. The topological polar surface area (TPSA) is 73.8 Å². The average Bonchev–Trinajstić information content (AvgIpc) is 3.49. The molecule has 3 heterocycles. The lowest BCUT2D eigenvalue weighted by atomic mass is 10.2. The highest BCUT2D eigenvalue weighted by Crippen LogP contribution is 2.24. The fourth-order valence-electron chi connectivity index (χ4n) is 4.34. The maximum atomic E-state index is 13.1. The Labute approximate surface area is 192 Å². The Morgan fingerprint density at radius 1 is 0.938 bits per heavy atom. The number of hydrogen-bond acceptors (Lipinski definition) is 6. The summed E-state index contributed by atoms with van der Waals surface area (Å²) in [6, 6.07) is 14.6. The third-order valence-electron chi connectivity index (χ3n) is 6.14. The third-order valence-corrected chi connectivity index (χ3v) is 9.06. The summed E-state index contributed by atoms with van der Waals surface area (Å²) in [5.41, 5.74) is 1.47. The van der Waals surface area contributed by atoms with E-state index in [-0.39, 0.29) is 10.8 Å². The van der Waals surface area contributed by atoms with Crippen LogP contribution in [0.15, 0.2) is 53.4 Å². The largest absolute Gasteiger partial charge is 0.336 e. The van der Waals surface area contributed by atoms with E-state index < -0.39 is 10.0 Å². The number of thiazole rings is 1. The van der Waals surface area contributed by atoms with Crippen molar-refractivity contribution in [3.05, 3.63) is 59.1 Å². The van der Waals surface area contributed by atoms with Crippen molar-refractivity contribution in [1.29, 1.82) is 0 Å². The highest BCUT2D eigenvalue weighted by molar-refractivity contribution is 7.89. The SMILES string of the molecule is O=C(c1cccc(S(=O)(=O)N2CCCC2)c1)N1CCN(Cc2nc3ccccc3s2)CC1. The Balaban J connectivity index is 1.22. The quantitative estimate of drug-likeness (QED) is 0.573. The van der Waals surface area contributed by atoms with Crippen LogP contribution >= 0.6 is 11.3 Å². The van der Waals surface area contributed by atoms with Crippen molar-refractivity contribution in [2.24, 2.45) is 0 Å². The number of piperazine rings is 1. The maximum absolute atomic E-state index is 13.1. The van der Waals surface area contributed by atoms with E-state index in [2.05, 4.69) is 11.0 Å². The molecule has 2 aliphatic heterocycles. The normalized spacial score (nSPS) is 18.4. The van der Waals surface area contributed by atoms with Crippen LogP contribution < -0.4 is 0 Å². The predicted octanol–water partition coefficient (Wildman–Crippen LogP) is 3.04. The van der Waals surface area contributed by atoms with Gasteiger partial charge in [-0.05, 0) is 43.2 Å². The molecule has 3 aromatic rings. The molecule has 0 spiro atoms. The number of benzene rings is 2. The number of carbonyl (C=O) groups excluding carboxylic acids is 1. The van der Waals surface area contributed by atoms with Crippen molar-refractivity contribution in [2.75, 3.05) is 39.3 Å². The van der Waals surface area contributed by atoms with E-state index in [1.165, 1.54) is 15.1 Å². The molecule has 1 aromatic heterocycles. The summed E-state index contributed by atoms with van der Waals surface area (Å²) in [7, 11) is -3.53. The van der Waals surface area contributed by atoms with Gasteiger partial charge >= 0.3 is 0 Å². The maximum Gasteiger partial charge on any atom is 0.253 e. The fraction of sp³-hybridized carbons (Fsp3) is 0.391. The molecule has 0 saturated carbocycles. The Hall–Kier alpha value is -2.33. The van der Waals surface area contributed by atoms with E-state index in [0.29, 0.717) is 31.7 Å². The predicted molar refractivity (Wildman–Crippen MR) is 125 cm³/mol. The number of fused-ring (bicyclic) bond motifs is 1. The second kappa shape index (κ2) is 8.90. The third kappa shape index (κ3) is 4.30. The summed E-state index contributed by atoms with van der Waals surface area (Å²) >= 11 is 1.71. The minimum absolute atomic E-state index is 0.108. The summed E-state index contributed by atoms with van der Waals surface area (Å²) in [6.45, 7) is 4.67. The van der Waals surface area contributed by atoms with Crippen molar-refractivity contribution in [2.45, 2.75) is 24.3 Å². The number of amides is 1. The Morgan fingerprint density at radius 3 is 2.44 bits per heavy atom. The Bertz CT molecular complexity index is 1190. The molecule has 2 aliphatic rings. The molecule has 2 aromatic carbocycles. The number of hydrogen-bond donors (Lipinski definition) is 0. The van der Waals surface area contributed by atoms with E-state index in [1.807, 2.05) is 23.1 Å². The van der Waals surface area contributed by atoms with Crippen LogP contribution in [0.1, 0.15) is 28.2 Å². The molecule has 0 bridgehead atoms. The molecule has 1 amide bonds.